The highest BCUT2D eigenvalue weighted by Gasteiger charge is 2.13. The topological polar surface area (TPSA) is 69.0 Å². The molecule has 0 aliphatic rings. The van der Waals surface area contributed by atoms with Crippen molar-refractivity contribution in [3.05, 3.63) is 66.6 Å². The van der Waals surface area contributed by atoms with Crippen LogP contribution in [0.25, 0.3) is 5.69 Å². The Morgan fingerprint density at radius 1 is 1.18 bits per heavy atom. The van der Waals surface area contributed by atoms with E-state index in [1.54, 1.807) is 48.6 Å². The van der Waals surface area contributed by atoms with Gasteiger partial charge in [0.15, 0.2) is 0 Å². The van der Waals surface area contributed by atoms with Gasteiger partial charge in [0.25, 0.3) is 5.91 Å². The van der Waals surface area contributed by atoms with Gasteiger partial charge in [-0.05, 0) is 24.3 Å². The van der Waals surface area contributed by atoms with Gasteiger partial charge in [-0.1, -0.05) is 12.1 Å². The molecular weight excluding hydrogens is 280 g/mol. The molecule has 3 rings (SSSR count). The predicted octanol–water partition coefficient (Wildman–Crippen LogP) is 2.53. The highest BCUT2D eigenvalue weighted by molar-refractivity contribution is 6.06. The van der Waals surface area contributed by atoms with Crippen LogP contribution in [0.4, 0.5) is 5.69 Å². The number of nitrogens with zero attached hydrogens (tertiary/aromatic N) is 3. The van der Waals surface area contributed by atoms with Crippen LogP contribution in [-0.4, -0.2) is 27.8 Å². The lowest BCUT2D eigenvalue weighted by atomic mass is 10.1. The van der Waals surface area contributed by atoms with Gasteiger partial charge in [0.2, 0.25) is 5.88 Å². The number of pyridine rings is 1. The van der Waals surface area contributed by atoms with Crippen LogP contribution in [0.15, 0.2) is 61.1 Å². The SMILES string of the molecule is COc1ccc(NC(=O)c2ccccc2-n2cccn2)cn1. The molecule has 0 saturated carbocycles. The zero-order valence-corrected chi connectivity index (χ0v) is 11.9. The zero-order valence-electron chi connectivity index (χ0n) is 11.9. The molecule has 6 heteroatoms. The van der Waals surface area contributed by atoms with Gasteiger partial charge >= 0.3 is 0 Å². The summed E-state index contributed by atoms with van der Waals surface area (Å²) in [7, 11) is 1.54. The Hall–Kier alpha value is -3.15. The lowest BCUT2D eigenvalue weighted by molar-refractivity contribution is 0.102. The van der Waals surface area contributed by atoms with E-state index in [1.807, 2.05) is 24.3 Å². The maximum atomic E-state index is 12.5. The number of hydrogen-bond acceptors (Lipinski definition) is 4. The van der Waals surface area contributed by atoms with E-state index >= 15 is 0 Å². The van der Waals surface area contributed by atoms with E-state index in [2.05, 4.69) is 15.4 Å². The Morgan fingerprint density at radius 3 is 2.73 bits per heavy atom. The summed E-state index contributed by atoms with van der Waals surface area (Å²) < 4.78 is 6.65. The largest absolute Gasteiger partial charge is 0.481 e. The first-order valence-corrected chi connectivity index (χ1v) is 6.68. The average Bonchev–Trinajstić information content (AvgIpc) is 3.10. The summed E-state index contributed by atoms with van der Waals surface area (Å²) in [6.45, 7) is 0. The van der Waals surface area contributed by atoms with Crippen LogP contribution in [0.2, 0.25) is 0 Å². The molecular formula is C16H14N4O2. The standard InChI is InChI=1S/C16H14N4O2/c1-22-15-8-7-12(11-17-15)19-16(21)13-5-2-3-6-14(13)20-10-4-9-18-20/h2-11H,1H3,(H,19,21). The lowest BCUT2D eigenvalue weighted by Gasteiger charge is -2.10. The normalized spacial score (nSPS) is 10.2. The predicted molar refractivity (Wildman–Crippen MR) is 82.3 cm³/mol. The van der Waals surface area contributed by atoms with Gasteiger partial charge in [-0.3, -0.25) is 4.79 Å². The van der Waals surface area contributed by atoms with Crippen molar-refractivity contribution in [2.45, 2.75) is 0 Å². The first kappa shape index (κ1) is 13.8. The van der Waals surface area contributed by atoms with Gasteiger partial charge in [0.1, 0.15) is 0 Å². The number of benzene rings is 1. The number of methoxy groups -OCH3 is 1. The van der Waals surface area contributed by atoms with Gasteiger partial charge in [-0.25, -0.2) is 9.67 Å². The Balaban J connectivity index is 1.86. The second kappa shape index (κ2) is 6.09. The molecule has 0 aliphatic heterocycles. The molecule has 0 aliphatic carbocycles. The highest BCUT2D eigenvalue weighted by atomic mass is 16.5. The minimum atomic E-state index is -0.224. The summed E-state index contributed by atoms with van der Waals surface area (Å²) in [5, 5.41) is 6.98. The molecule has 3 aromatic rings. The quantitative estimate of drug-likeness (QED) is 0.802. The second-order valence-electron chi connectivity index (χ2n) is 4.51. The molecule has 6 nitrogen and oxygen atoms in total. The monoisotopic (exact) mass is 294 g/mol. The first-order valence-electron chi connectivity index (χ1n) is 6.68. The van der Waals surface area contributed by atoms with Crippen LogP contribution in [0, 0.1) is 0 Å². The third kappa shape index (κ3) is 2.80. The van der Waals surface area contributed by atoms with Crippen molar-refractivity contribution in [1.82, 2.24) is 14.8 Å². The smallest absolute Gasteiger partial charge is 0.257 e. The van der Waals surface area contributed by atoms with Gasteiger partial charge < -0.3 is 10.1 Å². The van der Waals surface area contributed by atoms with Crippen molar-refractivity contribution in [2.24, 2.45) is 0 Å². The number of aromatic nitrogens is 3. The third-order valence-corrected chi connectivity index (χ3v) is 3.10. The van der Waals surface area contributed by atoms with Crippen molar-refractivity contribution in [3.63, 3.8) is 0 Å². The minimum absolute atomic E-state index is 0.224. The molecule has 0 unspecified atom stereocenters. The van der Waals surface area contributed by atoms with E-state index in [4.69, 9.17) is 4.74 Å². The van der Waals surface area contributed by atoms with Crippen LogP contribution in [0.3, 0.4) is 0 Å². The molecule has 0 bridgehead atoms. The van der Waals surface area contributed by atoms with Gasteiger partial charge in [0.05, 0.1) is 30.2 Å². The Bertz CT molecular complexity index is 767. The van der Waals surface area contributed by atoms with Gasteiger partial charge in [-0.2, -0.15) is 5.10 Å². The highest BCUT2D eigenvalue weighted by Crippen LogP contribution is 2.17. The van der Waals surface area contributed by atoms with E-state index in [1.165, 1.54) is 0 Å². The molecule has 2 heterocycles. The molecule has 0 atom stereocenters. The fraction of sp³-hybridized carbons (Fsp3) is 0.0625. The molecule has 110 valence electrons. The van der Waals surface area contributed by atoms with Crippen molar-refractivity contribution >= 4 is 11.6 Å². The van der Waals surface area contributed by atoms with E-state index in [9.17, 15) is 4.79 Å². The fourth-order valence-electron chi connectivity index (χ4n) is 2.05. The van der Waals surface area contributed by atoms with Crippen molar-refractivity contribution in [1.29, 1.82) is 0 Å². The molecule has 1 amide bonds. The number of carbonyl (C=O) groups excluding carboxylic acids is 1. The average molecular weight is 294 g/mol. The summed E-state index contributed by atoms with van der Waals surface area (Å²) in [6, 6.07) is 12.5. The fourth-order valence-corrected chi connectivity index (χ4v) is 2.05. The summed E-state index contributed by atoms with van der Waals surface area (Å²) in [6.07, 6.45) is 5.01. The third-order valence-electron chi connectivity index (χ3n) is 3.10. The summed E-state index contributed by atoms with van der Waals surface area (Å²) in [5.41, 5.74) is 1.84. The molecule has 2 aromatic heterocycles. The molecule has 0 fully saturated rings. The minimum Gasteiger partial charge on any atom is -0.481 e. The molecule has 0 radical (unpaired) electrons. The van der Waals surface area contributed by atoms with Crippen LogP contribution in [0.5, 0.6) is 5.88 Å². The number of nitrogens with one attached hydrogen (secondary N) is 1. The van der Waals surface area contributed by atoms with Crippen LogP contribution in [0.1, 0.15) is 10.4 Å². The van der Waals surface area contributed by atoms with E-state index < -0.39 is 0 Å². The maximum absolute atomic E-state index is 12.5. The number of para-hydroxylation sites is 1. The summed E-state index contributed by atoms with van der Waals surface area (Å²) in [5.74, 6) is 0.271. The number of ether oxygens (including phenoxy) is 1. The van der Waals surface area contributed by atoms with Crippen molar-refractivity contribution in [2.75, 3.05) is 12.4 Å². The zero-order chi connectivity index (χ0) is 15.4. The Labute approximate surface area is 127 Å². The van der Waals surface area contributed by atoms with Crippen LogP contribution < -0.4 is 10.1 Å². The molecule has 0 saturated heterocycles. The number of anilines is 1. The second-order valence-corrected chi connectivity index (χ2v) is 4.51. The van der Waals surface area contributed by atoms with E-state index in [0.29, 0.717) is 22.8 Å². The first-order chi connectivity index (χ1) is 10.8. The maximum Gasteiger partial charge on any atom is 0.257 e. The van der Waals surface area contributed by atoms with Crippen LogP contribution >= 0.6 is 0 Å². The number of amides is 1. The van der Waals surface area contributed by atoms with E-state index in [-0.39, 0.29) is 5.91 Å². The van der Waals surface area contributed by atoms with Gasteiger partial charge in [-0.15, -0.1) is 0 Å². The molecule has 0 spiro atoms. The molecule has 1 N–H and O–H groups in total. The summed E-state index contributed by atoms with van der Waals surface area (Å²) >= 11 is 0. The molecule has 22 heavy (non-hydrogen) atoms. The number of carbonyl (C=O) groups is 1. The summed E-state index contributed by atoms with van der Waals surface area (Å²) in [4.78, 5) is 16.5. The lowest BCUT2D eigenvalue weighted by Crippen LogP contribution is -2.15. The number of hydrogen-bond donors (Lipinski definition) is 1. The number of rotatable bonds is 4. The Kier molecular flexibility index (Phi) is 3.82. The van der Waals surface area contributed by atoms with Gasteiger partial charge in [0, 0.05) is 18.5 Å². The molecule has 1 aromatic carbocycles. The Morgan fingerprint density at radius 2 is 2.05 bits per heavy atom. The van der Waals surface area contributed by atoms with Crippen molar-refractivity contribution < 1.29 is 9.53 Å². The van der Waals surface area contributed by atoms with E-state index in [0.717, 1.165) is 0 Å². The van der Waals surface area contributed by atoms with Crippen LogP contribution in [-0.2, 0) is 0 Å². The van der Waals surface area contributed by atoms with Crippen molar-refractivity contribution in [3.8, 4) is 11.6 Å².